The van der Waals surface area contributed by atoms with Crippen LogP contribution < -0.4 is 21.7 Å². The van der Waals surface area contributed by atoms with E-state index in [4.69, 9.17) is 10.8 Å². The second-order valence-electron chi connectivity index (χ2n) is 8.36. The molecule has 5 unspecified atom stereocenters. The number of carboxylic acid groups (broad SMARTS) is 1. The predicted molar refractivity (Wildman–Crippen MR) is 137 cm³/mol. The molecule has 2 rings (SSSR count). The lowest BCUT2D eigenvalue weighted by molar-refractivity contribution is -0.142. The number of aliphatic hydroxyl groups excluding tert-OH is 1. The molecule has 0 spiro atoms. The van der Waals surface area contributed by atoms with Crippen LogP contribution in [0.1, 0.15) is 18.1 Å². The van der Waals surface area contributed by atoms with E-state index in [0.717, 1.165) is 11.1 Å². The molecule has 7 N–H and O–H groups in total. The first-order valence-electron chi connectivity index (χ1n) is 11.4. The van der Waals surface area contributed by atoms with Crippen LogP contribution in [0.2, 0.25) is 0 Å². The minimum Gasteiger partial charge on any atom is -0.480 e. The summed E-state index contributed by atoms with van der Waals surface area (Å²) in [5, 5.41) is 26.6. The maximum atomic E-state index is 13.2. The largest absolute Gasteiger partial charge is 0.480 e. The molecule has 36 heavy (non-hydrogen) atoms. The molecule has 5 atom stereocenters. The molecule has 0 fully saturated rings. The molecule has 0 heterocycles. The van der Waals surface area contributed by atoms with Crippen LogP contribution in [0.15, 0.2) is 60.7 Å². The van der Waals surface area contributed by atoms with Crippen molar-refractivity contribution >= 4 is 36.3 Å². The van der Waals surface area contributed by atoms with Gasteiger partial charge in [0.1, 0.15) is 18.1 Å². The number of aliphatic carboxylic acids is 1. The van der Waals surface area contributed by atoms with E-state index in [1.165, 1.54) is 6.92 Å². The van der Waals surface area contributed by atoms with Crippen LogP contribution >= 0.6 is 12.6 Å². The lowest BCUT2D eigenvalue weighted by atomic mass is 10.0. The highest BCUT2D eigenvalue weighted by Crippen LogP contribution is 2.07. The number of nitrogens with one attached hydrogen (secondary N) is 3. The Labute approximate surface area is 215 Å². The van der Waals surface area contributed by atoms with Crippen molar-refractivity contribution in [1.82, 2.24) is 16.0 Å². The quantitative estimate of drug-likeness (QED) is 0.178. The average molecular weight is 517 g/mol. The van der Waals surface area contributed by atoms with Crippen LogP contribution in [0.25, 0.3) is 0 Å². The zero-order valence-electron chi connectivity index (χ0n) is 19.8. The first-order chi connectivity index (χ1) is 17.1. The van der Waals surface area contributed by atoms with Crippen LogP contribution in [0.3, 0.4) is 0 Å². The Hall–Kier alpha value is -3.41. The molecule has 0 saturated carbocycles. The highest BCUT2D eigenvalue weighted by molar-refractivity contribution is 7.80. The molecule has 0 saturated heterocycles. The molecule has 11 heteroatoms. The number of hydrogen-bond acceptors (Lipinski definition) is 7. The van der Waals surface area contributed by atoms with E-state index in [9.17, 15) is 24.3 Å². The first kappa shape index (κ1) is 28.8. The van der Waals surface area contributed by atoms with Gasteiger partial charge in [-0.1, -0.05) is 60.7 Å². The highest BCUT2D eigenvalue weighted by Gasteiger charge is 2.32. The lowest BCUT2D eigenvalue weighted by Gasteiger charge is -2.26. The van der Waals surface area contributed by atoms with E-state index in [0.29, 0.717) is 0 Å². The molecule has 0 aliphatic carbocycles. The number of amides is 3. The van der Waals surface area contributed by atoms with Crippen molar-refractivity contribution in [2.24, 2.45) is 5.73 Å². The van der Waals surface area contributed by atoms with Gasteiger partial charge in [0, 0.05) is 12.2 Å². The molecule has 0 bridgehead atoms. The second kappa shape index (κ2) is 14.2. The summed E-state index contributed by atoms with van der Waals surface area (Å²) < 4.78 is 0. The number of hydrogen-bond donors (Lipinski definition) is 7. The number of carboxylic acids is 1. The summed E-state index contributed by atoms with van der Waals surface area (Å²) in [6.45, 7) is 1.28. The fourth-order valence-corrected chi connectivity index (χ4v) is 3.65. The fraction of sp³-hybridized carbons (Fsp3) is 0.360. The van der Waals surface area contributed by atoms with E-state index in [2.05, 4.69) is 28.6 Å². The number of carbonyl (C=O) groups excluding carboxylic acids is 3. The Morgan fingerprint density at radius 1 is 0.806 bits per heavy atom. The second-order valence-corrected chi connectivity index (χ2v) is 8.72. The smallest absolute Gasteiger partial charge is 0.327 e. The zero-order chi connectivity index (χ0) is 26.7. The molecule has 0 aromatic heterocycles. The number of thiol groups is 1. The van der Waals surface area contributed by atoms with Crippen LogP contribution in [0.5, 0.6) is 0 Å². The van der Waals surface area contributed by atoms with Gasteiger partial charge in [0.25, 0.3) is 0 Å². The summed E-state index contributed by atoms with van der Waals surface area (Å²) in [4.78, 5) is 49.9. The summed E-state index contributed by atoms with van der Waals surface area (Å²) >= 11 is 3.90. The molecule has 194 valence electrons. The Morgan fingerprint density at radius 3 is 1.78 bits per heavy atom. The van der Waals surface area contributed by atoms with Gasteiger partial charge in [0.2, 0.25) is 17.7 Å². The molecular formula is C25H32N4O6S. The number of aliphatic hydroxyl groups is 1. The highest BCUT2D eigenvalue weighted by atomic mass is 32.1. The van der Waals surface area contributed by atoms with Crippen LogP contribution in [0.4, 0.5) is 0 Å². The van der Waals surface area contributed by atoms with Gasteiger partial charge in [-0.05, 0) is 24.5 Å². The zero-order valence-corrected chi connectivity index (χ0v) is 20.7. The van der Waals surface area contributed by atoms with E-state index in [-0.39, 0.29) is 18.6 Å². The van der Waals surface area contributed by atoms with Gasteiger partial charge in [-0.3, -0.25) is 14.4 Å². The number of rotatable bonds is 13. The van der Waals surface area contributed by atoms with Crippen LogP contribution in [-0.4, -0.2) is 69.9 Å². The number of carbonyl (C=O) groups is 4. The minimum atomic E-state index is -1.47. The first-order valence-corrected chi connectivity index (χ1v) is 12.0. The Bertz CT molecular complexity index is 1020. The molecule has 0 aliphatic heterocycles. The Balaban J connectivity index is 2.17. The van der Waals surface area contributed by atoms with Gasteiger partial charge in [0.05, 0.1) is 12.1 Å². The summed E-state index contributed by atoms with van der Waals surface area (Å²) in [6, 6.07) is 13.3. The Morgan fingerprint density at radius 2 is 1.31 bits per heavy atom. The number of benzene rings is 2. The molecule has 10 nitrogen and oxygen atoms in total. The fourth-order valence-electron chi connectivity index (χ4n) is 3.40. The van der Waals surface area contributed by atoms with Gasteiger partial charge in [-0.25, -0.2) is 4.79 Å². The summed E-state index contributed by atoms with van der Waals surface area (Å²) in [5.41, 5.74) is 7.67. The molecule has 3 amide bonds. The lowest BCUT2D eigenvalue weighted by Crippen LogP contribution is -2.60. The van der Waals surface area contributed by atoms with Crippen molar-refractivity contribution in [2.75, 3.05) is 5.75 Å². The van der Waals surface area contributed by atoms with Crippen molar-refractivity contribution in [3.8, 4) is 0 Å². The molecule has 2 aromatic rings. The average Bonchev–Trinajstić information content (AvgIpc) is 2.85. The van der Waals surface area contributed by atoms with Crippen molar-refractivity contribution in [1.29, 1.82) is 0 Å². The third-order valence-electron chi connectivity index (χ3n) is 5.41. The maximum absolute atomic E-state index is 13.2. The van der Waals surface area contributed by atoms with Gasteiger partial charge in [0.15, 0.2) is 0 Å². The van der Waals surface area contributed by atoms with Crippen molar-refractivity contribution in [3.05, 3.63) is 71.8 Å². The SMILES string of the molecule is CC(O)C(NC(=O)C(Cc1ccccc1)NC(=O)C(N)Cc1ccccc1)C(=O)NC(CS)C(=O)O. The van der Waals surface area contributed by atoms with Gasteiger partial charge < -0.3 is 31.9 Å². The molecule has 0 aliphatic rings. The topological polar surface area (TPSA) is 171 Å². The predicted octanol–water partition coefficient (Wildman–Crippen LogP) is -0.351. The monoisotopic (exact) mass is 516 g/mol. The maximum Gasteiger partial charge on any atom is 0.327 e. The third kappa shape index (κ3) is 8.99. The van der Waals surface area contributed by atoms with Crippen LogP contribution in [0, 0.1) is 0 Å². The summed E-state index contributed by atoms with van der Waals surface area (Å²) in [6.07, 6.45) is -0.999. The van der Waals surface area contributed by atoms with Gasteiger partial charge in [-0.15, -0.1) is 0 Å². The van der Waals surface area contributed by atoms with Gasteiger partial charge in [-0.2, -0.15) is 12.6 Å². The standard InChI is InChI=1S/C25H32N4O6S/c1-15(30)21(24(33)28-20(14-36)25(34)35)29-23(32)19(13-17-10-6-3-7-11-17)27-22(31)18(26)12-16-8-4-2-5-9-16/h2-11,15,18-21,30,36H,12-14,26H2,1H3,(H,27,31)(H,28,33)(H,29,32)(H,34,35). The van der Waals surface area contributed by atoms with Crippen LogP contribution in [-0.2, 0) is 32.0 Å². The number of nitrogens with two attached hydrogens (primary N) is 1. The van der Waals surface area contributed by atoms with E-state index in [1.54, 1.807) is 30.3 Å². The van der Waals surface area contributed by atoms with Gasteiger partial charge >= 0.3 is 5.97 Å². The summed E-state index contributed by atoms with van der Waals surface area (Å²) in [5.74, 6) is -3.69. The van der Waals surface area contributed by atoms with E-state index >= 15 is 0 Å². The van der Waals surface area contributed by atoms with E-state index < -0.39 is 54.0 Å². The normalized spacial score (nSPS) is 15.0. The van der Waals surface area contributed by atoms with Crippen molar-refractivity contribution in [2.45, 2.75) is 50.0 Å². The Kier molecular flexibility index (Phi) is 11.4. The molecule has 0 radical (unpaired) electrons. The summed E-state index contributed by atoms with van der Waals surface area (Å²) in [7, 11) is 0. The van der Waals surface area contributed by atoms with E-state index in [1.807, 2.05) is 30.3 Å². The minimum absolute atomic E-state index is 0.0962. The van der Waals surface area contributed by atoms with Crippen molar-refractivity contribution in [3.63, 3.8) is 0 Å². The molecule has 2 aromatic carbocycles. The molecular weight excluding hydrogens is 484 g/mol. The van der Waals surface area contributed by atoms with Crippen molar-refractivity contribution < 1.29 is 29.4 Å². The third-order valence-corrected chi connectivity index (χ3v) is 5.78.